The number of benzene rings is 1. The topological polar surface area (TPSA) is 32.3 Å². The summed E-state index contributed by atoms with van der Waals surface area (Å²) in [5.74, 6) is 0. The van der Waals surface area contributed by atoms with Gasteiger partial charge in [-0.05, 0) is 29.7 Å². The van der Waals surface area contributed by atoms with Gasteiger partial charge in [-0.3, -0.25) is 0 Å². The maximum absolute atomic E-state index is 8.99. The molecule has 0 saturated heterocycles. The maximum atomic E-state index is 8.99. The summed E-state index contributed by atoms with van der Waals surface area (Å²) >= 11 is 5.88. The summed E-state index contributed by atoms with van der Waals surface area (Å²) in [5.41, 5.74) is 2.54. The number of nitrogens with one attached hydrogen (secondary N) is 1. The number of halogens is 1. The summed E-state index contributed by atoms with van der Waals surface area (Å²) in [5, 5.41) is 13.0. The van der Waals surface area contributed by atoms with Crippen molar-refractivity contribution >= 4 is 11.6 Å². The third kappa shape index (κ3) is 1.85. The molecule has 1 aliphatic rings. The third-order valence-electron chi connectivity index (χ3n) is 2.44. The van der Waals surface area contributed by atoms with Crippen molar-refractivity contribution < 1.29 is 5.11 Å². The van der Waals surface area contributed by atoms with Crippen LogP contribution in [0.5, 0.6) is 0 Å². The minimum absolute atomic E-state index is 0.186. The zero-order valence-corrected chi connectivity index (χ0v) is 8.01. The second kappa shape index (κ2) is 3.66. The summed E-state index contributed by atoms with van der Waals surface area (Å²) in [4.78, 5) is 0. The lowest BCUT2D eigenvalue weighted by molar-refractivity contribution is 0.236. The van der Waals surface area contributed by atoms with E-state index in [2.05, 4.69) is 5.32 Å². The van der Waals surface area contributed by atoms with Crippen LogP contribution < -0.4 is 5.32 Å². The molecule has 1 atom stereocenters. The molecule has 2 nitrogen and oxygen atoms in total. The standard InChI is InChI=1S/C10H12ClNO/c11-9-2-1-7-5-12-10(6-13)4-8(7)3-9/h1-3,10,12-13H,4-6H2/t10-/m0/s1. The number of hydrogen-bond donors (Lipinski definition) is 2. The molecule has 0 bridgehead atoms. The van der Waals surface area contributed by atoms with E-state index in [-0.39, 0.29) is 12.6 Å². The lowest BCUT2D eigenvalue weighted by Crippen LogP contribution is -2.38. The predicted octanol–water partition coefficient (Wildman–Crippen LogP) is 1.35. The van der Waals surface area contributed by atoms with E-state index in [1.807, 2.05) is 18.2 Å². The molecular formula is C10H12ClNO. The molecule has 0 aliphatic carbocycles. The number of fused-ring (bicyclic) bond motifs is 1. The molecule has 0 amide bonds. The zero-order valence-electron chi connectivity index (χ0n) is 7.26. The Morgan fingerprint density at radius 1 is 1.46 bits per heavy atom. The first-order valence-electron chi connectivity index (χ1n) is 4.41. The molecule has 0 radical (unpaired) electrons. The zero-order chi connectivity index (χ0) is 9.26. The Morgan fingerprint density at radius 2 is 2.31 bits per heavy atom. The first kappa shape index (κ1) is 9.00. The van der Waals surface area contributed by atoms with Gasteiger partial charge in [0.15, 0.2) is 0 Å². The summed E-state index contributed by atoms with van der Waals surface area (Å²) in [7, 11) is 0. The number of hydrogen-bond acceptors (Lipinski definition) is 2. The van der Waals surface area contributed by atoms with E-state index in [0.29, 0.717) is 0 Å². The highest BCUT2D eigenvalue weighted by molar-refractivity contribution is 6.30. The van der Waals surface area contributed by atoms with E-state index in [1.54, 1.807) is 0 Å². The van der Waals surface area contributed by atoms with Gasteiger partial charge in [0, 0.05) is 17.6 Å². The molecule has 0 spiro atoms. The van der Waals surface area contributed by atoms with Crippen LogP contribution in [0.15, 0.2) is 18.2 Å². The highest BCUT2D eigenvalue weighted by Gasteiger charge is 2.16. The Morgan fingerprint density at radius 3 is 3.08 bits per heavy atom. The SMILES string of the molecule is OC[C@@H]1Cc2cc(Cl)ccc2CN1. The van der Waals surface area contributed by atoms with E-state index in [9.17, 15) is 0 Å². The van der Waals surface area contributed by atoms with Crippen molar-refractivity contribution in [2.45, 2.75) is 19.0 Å². The Bertz CT molecular complexity index is 314. The van der Waals surface area contributed by atoms with Gasteiger partial charge in [-0.15, -0.1) is 0 Å². The van der Waals surface area contributed by atoms with Crippen LogP contribution >= 0.6 is 11.6 Å². The molecule has 1 aromatic rings. The number of aliphatic hydroxyl groups is 1. The van der Waals surface area contributed by atoms with Gasteiger partial charge < -0.3 is 10.4 Å². The second-order valence-corrected chi connectivity index (χ2v) is 3.81. The highest BCUT2D eigenvalue weighted by Crippen LogP contribution is 2.20. The fraction of sp³-hybridized carbons (Fsp3) is 0.400. The van der Waals surface area contributed by atoms with Gasteiger partial charge in [0.1, 0.15) is 0 Å². The van der Waals surface area contributed by atoms with E-state index in [0.717, 1.165) is 18.0 Å². The van der Waals surface area contributed by atoms with Crippen molar-refractivity contribution in [1.29, 1.82) is 0 Å². The Labute approximate surface area is 82.5 Å². The first-order chi connectivity index (χ1) is 6.29. The van der Waals surface area contributed by atoms with Crippen molar-refractivity contribution in [3.63, 3.8) is 0 Å². The average molecular weight is 198 g/mol. The Balaban J connectivity index is 2.27. The molecule has 1 aliphatic heterocycles. The van der Waals surface area contributed by atoms with E-state index in [1.165, 1.54) is 11.1 Å². The quantitative estimate of drug-likeness (QED) is 0.713. The van der Waals surface area contributed by atoms with Crippen LogP contribution in [-0.2, 0) is 13.0 Å². The molecule has 2 N–H and O–H groups in total. The van der Waals surface area contributed by atoms with Crippen molar-refractivity contribution in [2.75, 3.05) is 6.61 Å². The van der Waals surface area contributed by atoms with Crippen LogP contribution in [0, 0.1) is 0 Å². The molecule has 70 valence electrons. The van der Waals surface area contributed by atoms with Gasteiger partial charge in [-0.2, -0.15) is 0 Å². The van der Waals surface area contributed by atoms with Gasteiger partial charge in [-0.25, -0.2) is 0 Å². The Kier molecular flexibility index (Phi) is 2.54. The smallest absolute Gasteiger partial charge is 0.0587 e. The van der Waals surface area contributed by atoms with Gasteiger partial charge in [0.05, 0.1) is 6.61 Å². The molecule has 13 heavy (non-hydrogen) atoms. The lowest BCUT2D eigenvalue weighted by atomic mass is 9.96. The van der Waals surface area contributed by atoms with Crippen LogP contribution in [0.1, 0.15) is 11.1 Å². The molecule has 0 aromatic heterocycles. The number of rotatable bonds is 1. The summed E-state index contributed by atoms with van der Waals surface area (Å²) in [6, 6.07) is 6.12. The van der Waals surface area contributed by atoms with Crippen LogP contribution in [0.3, 0.4) is 0 Å². The molecule has 1 aromatic carbocycles. The molecule has 1 heterocycles. The molecule has 0 unspecified atom stereocenters. The second-order valence-electron chi connectivity index (χ2n) is 3.38. The third-order valence-corrected chi connectivity index (χ3v) is 2.67. The first-order valence-corrected chi connectivity index (χ1v) is 4.79. The molecule has 0 saturated carbocycles. The Hall–Kier alpha value is -0.570. The van der Waals surface area contributed by atoms with Crippen LogP contribution in [-0.4, -0.2) is 17.8 Å². The largest absolute Gasteiger partial charge is 0.395 e. The fourth-order valence-electron chi connectivity index (χ4n) is 1.68. The van der Waals surface area contributed by atoms with E-state index in [4.69, 9.17) is 16.7 Å². The number of aliphatic hydroxyl groups excluding tert-OH is 1. The maximum Gasteiger partial charge on any atom is 0.0587 e. The lowest BCUT2D eigenvalue weighted by Gasteiger charge is -2.24. The average Bonchev–Trinajstić information content (AvgIpc) is 2.16. The van der Waals surface area contributed by atoms with Gasteiger partial charge in [-0.1, -0.05) is 17.7 Å². The normalized spacial score (nSPS) is 21.2. The van der Waals surface area contributed by atoms with E-state index < -0.39 is 0 Å². The van der Waals surface area contributed by atoms with Crippen molar-refractivity contribution in [2.24, 2.45) is 0 Å². The highest BCUT2D eigenvalue weighted by atomic mass is 35.5. The summed E-state index contributed by atoms with van der Waals surface area (Å²) in [6.07, 6.45) is 0.867. The van der Waals surface area contributed by atoms with Crippen molar-refractivity contribution in [3.8, 4) is 0 Å². The molecular weight excluding hydrogens is 186 g/mol. The van der Waals surface area contributed by atoms with Gasteiger partial charge in [0.25, 0.3) is 0 Å². The minimum atomic E-state index is 0.186. The van der Waals surface area contributed by atoms with Crippen molar-refractivity contribution in [3.05, 3.63) is 34.3 Å². The summed E-state index contributed by atoms with van der Waals surface area (Å²) < 4.78 is 0. The van der Waals surface area contributed by atoms with Crippen LogP contribution in [0.4, 0.5) is 0 Å². The fourth-order valence-corrected chi connectivity index (χ4v) is 1.87. The monoisotopic (exact) mass is 197 g/mol. The van der Waals surface area contributed by atoms with Gasteiger partial charge in [0.2, 0.25) is 0 Å². The molecule has 2 rings (SSSR count). The van der Waals surface area contributed by atoms with Crippen LogP contribution in [0.2, 0.25) is 5.02 Å². The van der Waals surface area contributed by atoms with E-state index >= 15 is 0 Å². The molecule has 3 heteroatoms. The minimum Gasteiger partial charge on any atom is -0.395 e. The van der Waals surface area contributed by atoms with Crippen LogP contribution in [0.25, 0.3) is 0 Å². The predicted molar refractivity (Wildman–Crippen MR) is 52.9 cm³/mol. The van der Waals surface area contributed by atoms with Crippen molar-refractivity contribution in [1.82, 2.24) is 5.32 Å². The summed E-state index contributed by atoms with van der Waals surface area (Å²) in [6.45, 7) is 1.02. The van der Waals surface area contributed by atoms with Gasteiger partial charge >= 0.3 is 0 Å². The molecule has 0 fully saturated rings.